The van der Waals surface area contributed by atoms with E-state index in [1.54, 1.807) is 0 Å². The van der Waals surface area contributed by atoms with Crippen molar-refractivity contribution in [2.75, 3.05) is 19.7 Å². The van der Waals surface area contributed by atoms with Crippen molar-refractivity contribution >= 4 is 0 Å². The van der Waals surface area contributed by atoms with Crippen LogP contribution in [0.1, 0.15) is 57.4 Å². The van der Waals surface area contributed by atoms with Gasteiger partial charge in [-0.3, -0.25) is 4.90 Å². The lowest BCUT2D eigenvalue weighted by Crippen LogP contribution is -2.44. The molecule has 1 saturated heterocycles. The summed E-state index contributed by atoms with van der Waals surface area (Å²) in [5.41, 5.74) is 1.48. The highest BCUT2D eigenvalue weighted by Crippen LogP contribution is 2.32. The topological polar surface area (TPSA) is 12.5 Å². The summed E-state index contributed by atoms with van der Waals surface area (Å²) in [6.45, 7) is 7.56. The SMILES string of the molecule is CCCCCN1CCC(c2ccccc2)CC1OCC. The molecule has 1 fully saturated rings. The second-order valence-corrected chi connectivity index (χ2v) is 5.79. The highest BCUT2D eigenvalue weighted by Gasteiger charge is 2.29. The zero-order valence-corrected chi connectivity index (χ0v) is 13.1. The Bertz CT molecular complexity index is 365. The first kappa shape index (κ1) is 15.5. The van der Waals surface area contributed by atoms with Crippen LogP contribution in [-0.4, -0.2) is 30.8 Å². The molecule has 0 N–H and O–H groups in total. The quantitative estimate of drug-likeness (QED) is 0.683. The Kier molecular flexibility index (Phi) is 6.55. The van der Waals surface area contributed by atoms with E-state index in [-0.39, 0.29) is 0 Å². The molecule has 2 rings (SSSR count). The van der Waals surface area contributed by atoms with Gasteiger partial charge in [-0.1, -0.05) is 50.1 Å². The average Bonchev–Trinajstić information content (AvgIpc) is 2.50. The standard InChI is InChI=1S/C18H29NO/c1-3-5-9-13-19-14-12-17(15-18(19)20-4-2)16-10-7-6-8-11-16/h6-8,10-11,17-18H,3-5,9,12-15H2,1-2H3. The van der Waals surface area contributed by atoms with Crippen LogP contribution in [0, 0.1) is 0 Å². The van der Waals surface area contributed by atoms with E-state index in [2.05, 4.69) is 49.1 Å². The Labute approximate surface area is 124 Å². The largest absolute Gasteiger partial charge is 0.363 e. The summed E-state index contributed by atoms with van der Waals surface area (Å²) in [5.74, 6) is 0.662. The monoisotopic (exact) mass is 275 g/mol. The van der Waals surface area contributed by atoms with Gasteiger partial charge < -0.3 is 4.74 Å². The van der Waals surface area contributed by atoms with E-state index in [1.807, 2.05) is 0 Å². The fourth-order valence-corrected chi connectivity index (χ4v) is 3.19. The van der Waals surface area contributed by atoms with Crippen molar-refractivity contribution in [1.29, 1.82) is 0 Å². The van der Waals surface area contributed by atoms with Crippen LogP contribution in [0.25, 0.3) is 0 Å². The zero-order chi connectivity index (χ0) is 14.2. The van der Waals surface area contributed by atoms with Crippen LogP contribution in [0.2, 0.25) is 0 Å². The zero-order valence-electron chi connectivity index (χ0n) is 13.1. The van der Waals surface area contributed by atoms with Crippen molar-refractivity contribution in [1.82, 2.24) is 4.90 Å². The lowest BCUT2D eigenvalue weighted by atomic mass is 9.88. The molecule has 1 heterocycles. The summed E-state index contributed by atoms with van der Waals surface area (Å²) in [7, 11) is 0. The molecule has 0 amide bonds. The summed E-state index contributed by atoms with van der Waals surface area (Å²) in [4.78, 5) is 2.55. The minimum Gasteiger partial charge on any atom is -0.363 e. The normalized spacial score (nSPS) is 23.9. The predicted octanol–water partition coefficient (Wildman–Crippen LogP) is 4.42. The van der Waals surface area contributed by atoms with E-state index in [0.29, 0.717) is 12.1 Å². The second kappa shape index (κ2) is 8.43. The average molecular weight is 275 g/mol. The first-order valence-electron chi connectivity index (χ1n) is 8.25. The molecule has 1 aliphatic rings. The number of rotatable bonds is 7. The number of ether oxygens (including phenoxy) is 1. The molecule has 2 unspecified atom stereocenters. The fraction of sp³-hybridized carbons (Fsp3) is 0.667. The molecule has 2 nitrogen and oxygen atoms in total. The lowest BCUT2D eigenvalue weighted by Gasteiger charge is -2.39. The molecule has 0 bridgehead atoms. The van der Waals surface area contributed by atoms with Gasteiger partial charge in [-0.25, -0.2) is 0 Å². The van der Waals surface area contributed by atoms with Crippen molar-refractivity contribution in [3.8, 4) is 0 Å². The predicted molar refractivity (Wildman–Crippen MR) is 84.9 cm³/mol. The highest BCUT2D eigenvalue weighted by atomic mass is 16.5. The van der Waals surface area contributed by atoms with E-state index >= 15 is 0 Å². The Morgan fingerprint density at radius 1 is 1.15 bits per heavy atom. The third kappa shape index (κ3) is 4.32. The summed E-state index contributed by atoms with van der Waals surface area (Å²) < 4.78 is 6.00. The maximum atomic E-state index is 6.00. The Morgan fingerprint density at radius 3 is 2.65 bits per heavy atom. The Morgan fingerprint density at radius 2 is 1.95 bits per heavy atom. The van der Waals surface area contributed by atoms with E-state index < -0.39 is 0 Å². The number of nitrogens with zero attached hydrogens (tertiary/aromatic N) is 1. The van der Waals surface area contributed by atoms with Crippen LogP contribution in [-0.2, 0) is 4.74 Å². The van der Waals surface area contributed by atoms with E-state index in [9.17, 15) is 0 Å². The van der Waals surface area contributed by atoms with E-state index in [1.165, 1.54) is 44.3 Å². The maximum absolute atomic E-state index is 6.00. The first-order valence-corrected chi connectivity index (χ1v) is 8.25. The number of unbranched alkanes of at least 4 members (excludes halogenated alkanes) is 2. The minimum absolute atomic E-state index is 0.316. The van der Waals surface area contributed by atoms with Crippen molar-refractivity contribution in [3.63, 3.8) is 0 Å². The van der Waals surface area contributed by atoms with Crippen molar-refractivity contribution < 1.29 is 4.74 Å². The Balaban J connectivity index is 1.93. The summed E-state index contributed by atoms with van der Waals surface area (Å²) in [6.07, 6.45) is 6.65. The number of hydrogen-bond donors (Lipinski definition) is 0. The van der Waals surface area contributed by atoms with Crippen molar-refractivity contribution in [2.45, 2.75) is 58.1 Å². The third-order valence-corrected chi connectivity index (χ3v) is 4.34. The first-order chi connectivity index (χ1) is 9.85. The van der Waals surface area contributed by atoms with Gasteiger partial charge in [0.15, 0.2) is 0 Å². The van der Waals surface area contributed by atoms with Crippen LogP contribution in [0.4, 0.5) is 0 Å². The van der Waals surface area contributed by atoms with Crippen LogP contribution in [0.15, 0.2) is 30.3 Å². The lowest BCUT2D eigenvalue weighted by molar-refractivity contribution is -0.0808. The van der Waals surface area contributed by atoms with Gasteiger partial charge in [-0.15, -0.1) is 0 Å². The minimum atomic E-state index is 0.316. The molecular formula is C18H29NO. The van der Waals surface area contributed by atoms with Crippen molar-refractivity contribution in [3.05, 3.63) is 35.9 Å². The maximum Gasteiger partial charge on any atom is 0.111 e. The molecule has 20 heavy (non-hydrogen) atoms. The molecule has 0 spiro atoms. The molecule has 1 aromatic rings. The number of likely N-dealkylation sites (tertiary alicyclic amines) is 1. The highest BCUT2D eigenvalue weighted by molar-refractivity contribution is 5.20. The van der Waals surface area contributed by atoms with Crippen LogP contribution in [0.3, 0.4) is 0 Å². The van der Waals surface area contributed by atoms with Crippen LogP contribution >= 0.6 is 0 Å². The van der Waals surface area contributed by atoms with Gasteiger partial charge in [0.1, 0.15) is 6.23 Å². The van der Waals surface area contributed by atoms with Gasteiger partial charge in [-0.05, 0) is 37.7 Å². The molecular weight excluding hydrogens is 246 g/mol. The molecule has 0 radical (unpaired) electrons. The number of piperidine rings is 1. The van der Waals surface area contributed by atoms with Gasteiger partial charge in [0.2, 0.25) is 0 Å². The Hall–Kier alpha value is -0.860. The molecule has 2 atom stereocenters. The summed E-state index contributed by atoms with van der Waals surface area (Å²) in [6, 6.07) is 10.9. The third-order valence-electron chi connectivity index (χ3n) is 4.34. The van der Waals surface area contributed by atoms with Crippen LogP contribution < -0.4 is 0 Å². The summed E-state index contributed by atoms with van der Waals surface area (Å²) in [5, 5.41) is 0. The van der Waals surface area contributed by atoms with Crippen molar-refractivity contribution in [2.24, 2.45) is 0 Å². The fourth-order valence-electron chi connectivity index (χ4n) is 3.19. The number of hydrogen-bond acceptors (Lipinski definition) is 2. The van der Waals surface area contributed by atoms with Gasteiger partial charge in [0.25, 0.3) is 0 Å². The summed E-state index contributed by atoms with van der Waals surface area (Å²) >= 11 is 0. The van der Waals surface area contributed by atoms with E-state index in [4.69, 9.17) is 4.74 Å². The van der Waals surface area contributed by atoms with Gasteiger partial charge in [0.05, 0.1) is 0 Å². The molecule has 1 aromatic carbocycles. The molecule has 2 heteroatoms. The molecule has 112 valence electrons. The molecule has 0 aliphatic carbocycles. The van der Waals surface area contributed by atoms with Gasteiger partial charge >= 0.3 is 0 Å². The van der Waals surface area contributed by atoms with Crippen LogP contribution in [0.5, 0.6) is 0 Å². The molecule has 0 aromatic heterocycles. The second-order valence-electron chi connectivity index (χ2n) is 5.79. The molecule has 0 saturated carbocycles. The molecule has 1 aliphatic heterocycles. The van der Waals surface area contributed by atoms with E-state index in [0.717, 1.165) is 13.0 Å². The smallest absolute Gasteiger partial charge is 0.111 e. The van der Waals surface area contributed by atoms with Gasteiger partial charge in [0, 0.05) is 19.7 Å². The van der Waals surface area contributed by atoms with Gasteiger partial charge in [-0.2, -0.15) is 0 Å². The number of benzene rings is 1.